The number of thiophene rings is 1. The lowest BCUT2D eigenvalue weighted by atomic mass is 10.2. The van der Waals surface area contributed by atoms with Gasteiger partial charge in [-0.2, -0.15) is 5.10 Å². The number of aromatic amines is 1. The van der Waals surface area contributed by atoms with Crippen LogP contribution < -0.4 is 0 Å². The van der Waals surface area contributed by atoms with Gasteiger partial charge in [-0.15, -0.1) is 11.3 Å². The minimum Gasteiger partial charge on any atom is -0.478 e. The van der Waals surface area contributed by atoms with Crippen LogP contribution in [0.15, 0.2) is 17.5 Å². The fourth-order valence-electron chi connectivity index (χ4n) is 1.67. The van der Waals surface area contributed by atoms with Gasteiger partial charge in [-0.25, -0.2) is 9.78 Å². The Morgan fingerprint density at radius 3 is 2.90 bits per heavy atom. The molecular weight excluding hydrogens is 292 g/mol. The number of carboxylic acids is 1. The van der Waals surface area contributed by atoms with Crippen molar-refractivity contribution in [3.63, 3.8) is 0 Å². The van der Waals surface area contributed by atoms with E-state index in [-0.39, 0.29) is 5.91 Å². The zero-order valence-electron chi connectivity index (χ0n) is 11.5. The highest BCUT2D eigenvalue weighted by molar-refractivity contribution is 7.11. The average molecular weight is 306 g/mol. The van der Waals surface area contributed by atoms with Crippen molar-refractivity contribution in [1.82, 2.24) is 20.1 Å². The van der Waals surface area contributed by atoms with E-state index in [1.165, 1.54) is 22.3 Å². The Morgan fingerprint density at radius 1 is 1.52 bits per heavy atom. The van der Waals surface area contributed by atoms with Crippen LogP contribution in [0.4, 0.5) is 0 Å². The molecule has 0 saturated carbocycles. The Labute approximate surface area is 124 Å². The molecule has 0 bridgehead atoms. The van der Waals surface area contributed by atoms with Crippen LogP contribution in [-0.4, -0.2) is 44.1 Å². The number of carbonyl (C=O) groups excluding carboxylic acids is 1. The molecule has 0 aliphatic carbocycles. The zero-order valence-corrected chi connectivity index (χ0v) is 12.3. The summed E-state index contributed by atoms with van der Waals surface area (Å²) in [5.41, 5.74) is 0.514. The first-order valence-electron chi connectivity index (χ1n) is 6.08. The number of hydrogen-bond donors (Lipinski definition) is 2. The molecule has 2 N–H and O–H groups in total. The molecule has 0 fully saturated rings. The second kappa shape index (κ2) is 6.31. The number of aliphatic carboxylic acids is 1. The molecule has 0 spiro atoms. The average Bonchev–Trinajstić information content (AvgIpc) is 3.04. The van der Waals surface area contributed by atoms with E-state index in [0.717, 1.165) is 6.08 Å². The molecule has 8 heteroatoms. The van der Waals surface area contributed by atoms with Crippen LogP contribution in [0.2, 0.25) is 0 Å². The molecule has 0 saturated heterocycles. The summed E-state index contributed by atoms with van der Waals surface area (Å²) in [6.45, 7) is 2.09. The summed E-state index contributed by atoms with van der Waals surface area (Å²) in [6, 6.07) is 1.66. The molecule has 2 rings (SSSR count). The minimum atomic E-state index is -1.02. The first kappa shape index (κ1) is 14.9. The second-order valence-electron chi connectivity index (χ2n) is 4.41. The van der Waals surface area contributed by atoms with Gasteiger partial charge in [0.1, 0.15) is 5.82 Å². The number of carboxylic acid groups (broad SMARTS) is 1. The molecule has 0 aromatic carbocycles. The third kappa shape index (κ3) is 3.99. The number of hydrogen-bond acceptors (Lipinski definition) is 5. The monoisotopic (exact) mass is 306 g/mol. The fraction of sp³-hybridized carbons (Fsp3) is 0.231. The van der Waals surface area contributed by atoms with Crippen molar-refractivity contribution >= 4 is 29.3 Å². The van der Waals surface area contributed by atoms with Crippen LogP contribution in [0, 0.1) is 6.92 Å². The highest BCUT2D eigenvalue weighted by Gasteiger charge is 2.15. The predicted molar refractivity (Wildman–Crippen MR) is 77.9 cm³/mol. The third-order valence-electron chi connectivity index (χ3n) is 2.63. The molecule has 0 aliphatic rings. The summed E-state index contributed by atoms with van der Waals surface area (Å²) in [5.74, 6) is 0.0594. The van der Waals surface area contributed by atoms with Crippen LogP contribution >= 0.6 is 11.3 Å². The molecule has 0 unspecified atom stereocenters. The number of amides is 1. The van der Waals surface area contributed by atoms with Gasteiger partial charge in [0, 0.05) is 23.4 Å². The SMILES string of the molecule is Cc1nc(CN(C)C(=O)c2csc(C=CC(=O)O)c2)n[nH]1. The maximum Gasteiger partial charge on any atom is 0.328 e. The molecular formula is C13H14N4O3S. The molecule has 0 radical (unpaired) electrons. The Bertz CT molecular complexity index is 689. The van der Waals surface area contributed by atoms with E-state index in [2.05, 4.69) is 15.2 Å². The molecule has 1 amide bonds. The largest absolute Gasteiger partial charge is 0.478 e. The molecule has 110 valence electrons. The lowest BCUT2D eigenvalue weighted by Crippen LogP contribution is -2.26. The van der Waals surface area contributed by atoms with Crippen molar-refractivity contribution in [1.29, 1.82) is 0 Å². The summed E-state index contributed by atoms with van der Waals surface area (Å²) in [4.78, 5) is 29.1. The van der Waals surface area contributed by atoms with E-state index in [1.807, 2.05) is 0 Å². The topological polar surface area (TPSA) is 99.2 Å². The molecule has 2 heterocycles. The first-order chi connectivity index (χ1) is 9.95. The summed E-state index contributed by atoms with van der Waals surface area (Å²) in [5, 5.41) is 17.0. The lowest BCUT2D eigenvalue weighted by molar-refractivity contribution is -0.131. The zero-order chi connectivity index (χ0) is 15.4. The standard InChI is InChI=1S/C13H14N4O3S/c1-8-14-11(16-15-8)6-17(2)13(20)9-5-10(21-7-9)3-4-12(18)19/h3-5,7H,6H2,1-2H3,(H,18,19)(H,14,15,16). The smallest absolute Gasteiger partial charge is 0.328 e. The number of aryl methyl sites for hydroxylation is 1. The van der Waals surface area contributed by atoms with Crippen molar-refractivity contribution in [3.05, 3.63) is 39.6 Å². The molecule has 0 aliphatic heterocycles. The van der Waals surface area contributed by atoms with Gasteiger partial charge in [0.25, 0.3) is 5.91 Å². The minimum absolute atomic E-state index is 0.163. The predicted octanol–water partition coefficient (Wildman–Crippen LogP) is 1.54. The van der Waals surface area contributed by atoms with Crippen LogP contribution in [0.25, 0.3) is 6.08 Å². The van der Waals surface area contributed by atoms with Crippen molar-refractivity contribution in [3.8, 4) is 0 Å². The van der Waals surface area contributed by atoms with E-state index < -0.39 is 5.97 Å². The maximum atomic E-state index is 12.2. The second-order valence-corrected chi connectivity index (χ2v) is 5.35. The van der Waals surface area contributed by atoms with E-state index in [0.29, 0.717) is 28.6 Å². The Kier molecular flexibility index (Phi) is 4.49. The van der Waals surface area contributed by atoms with Crippen LogP contribution in [0.1, 0.15) is 26.9 Å². The van der Waals surface area contributed by atoms with E-state index in [1.54, 1.807) is 25.4 Å². The Balaban J connectivity index is 2.03. The van der Waals surface area contributed by atoms with Gasteiger partial charge >= 0.3 is 5.97 Å². The number of carbonyl (C=O) groups is 2. The molecule has 7 nitrogen and oxygen atoms in total. The van der Waals surface area contributed by atoms with Gasteiger partial charge in [0.05, 0.1) is 12.1 Å². The van der Waals surface area contributed by atoms with Crippen molar-refractivity contribution in [2.75, 3.05) is 7.05 Å². The van der Waals surface area contributed by atoms with Crippen molar-refractivity contribution < 1.29 is 14.7 Å². The lowest BCUT2D eigenvalue weighted by Gasteiger charge is -2.13. The number of aromatic nitrogens is 3. The van der Waals surface area contributed by atoms with E-state index >= 15 is 0 Å². The number of nitrogens with one attached hydrogen (secondary N) is 1. The van der Waals surface area contributed by atoms with Gasteiger partial charge in [-0.3, -0.25) is 9.89 Å². The van der Waals surface area contributed by atoms with Gasteiger partial charge in [-0.05, 0) is 19.1 Å². The van der Waals surface area contributed by atoms with Crippen molar-refractivity contribution in [2.45, 2.75) is 13.5 Å². The van der Waals surface area contributed by atoms with Crippen LogP contribution in [0.3, 0.4) is 0 Å². The molecule has 21 heavy (non-hydrogen) atoms. The van der Waals surface area contributed by atoms with Gasteiger partial charge in [0.15, 0.2) is 5.82 Å². The summed E-state index contributed by atoms with van der Waals surface area (Å²) in [6.07, 6.45) is 2.50. The van der Waals surface area contributed by atoms with Crippen molar-refractivity contribution in [2.24, 2.45) is 0 Å². The van der Waals surface area contributed by atoms with Crippen LogP contribution in [-0.2, 0) is 11.3 Å². The van der Waals surface area contributed by atoms with Crippen LogP contribution in [0.5, 0.6) is 0 Å². The molecule has 0 atom stereocenters. The van der Waals surface area contributed by atoms with E-state index in [9.17, 15) is 9.59 Å². The molecule has 2 aromatic rings. The normalized spacial score (nSPS) is 11.0. The maximum absolute atomic E-state index is 12.2. The highest BCUT2D eigenvalue weighted by atomic mass is 32.1. The first-order valence-corrected chi connectivity index (χ1v) is 6.96. The fourth-order valence-corrected chi connectivity index (χ4v) is 2.44. The summed E-state index contributed by atoms with van der Waals surface area (Å²) < 4.78 is 0. The quantitative estimate of drug-likeness (QED) is 0.816. The summed E-state index contributed by atoms with van der Waals surface area (Å²) in [7, 11) is 1.67. The third-order valence-corrected chi connectivity index (χ3v) is 3.52. The van der Waals surface area contributed by atoms with Gasteiger partial charge in [-0.1, -0.05) is 0 Å². The molecule has 2 aromatic heterocycles. The number of nitrogens with zero attached hydrogens (tertiary/aromatic N) is 3. The van der Waals surface area contributed by atoms with Gasteiger partial charge in [0.2, 0.25) is 0 Å². The van der Waals surface area contributed by atoms with Gasteiger partial charge < -0.3 is 10.0 Å². The number of rotatable bonds is 5. The Morgan fingerprint density at radius 2 is 2.29 bits per heavy atom. The number of H-pyrrole nitrogens is 1. The Hall–Kier alpha value is -2.48. The van der Waals surface area contributed by atoms with E-state index in [4.69, 9.17) is 5.11 Å². The highest BCUT2D eigenvalue weighted by Crippen LogP contribution is 2.18. The summed E-state index contributed by atoms with van der Waals surface area (Å²) >= 11 is 1.31.